The molecule has 0 aromatic heterocycles. The third kappa shape index (κ3) is 2.09. The molecule has 1 aliphatic rings. The van der Waals surface area contributed by atoms with Gasteiger partial charge in [-0.15, -0.1) is 0 Å². The van der Waals surface area contributed by atoms with Crippen molar-refractivity contribution < 1.29 is 18.3 Å². The van der Waals surface area contributed by atoms with Crippen molar-refractivity contribution in [2.24, 2.45) is 5.73 Å². The van der Waals surface area contributed by atoms with E-state index in [1.807, 2.05) is 0 Å². The van der Waals surface area contributed by atoms with E-state index in [-0.39, 0.29) is 5.56 Å². The lowest BCUT2D eigenvalue weighted by Crippen LogP contribution is -2.18. The molecule has 1 heterocycles. The average molecular weight is 229 g/mol. The topological polar surface area (TPSA) is 44.5 Å². The molecule has 0 saturated heterocycles. The first-order valence-electron chi connectivity index (χ1n) is 5.13. The molecule has 1 aliphatic heterocycles. The minimum absolute atomic E-state index is 0.0484. The van der Waals surface area contributed by atoms with Crippen LogP contribution in [0.3, 0.4) is 0 Å². The van der Waals surface area contributed by atoms with Crippen LogP contribution >= 0.6 is 0 Å². The first-order valence-corrected chi connectivity index (χ1v) is 5.13. The van der Waals surface area contributed by atoms with E-state index in [0.29, 0.717) is 43.2 Å². The van der Waals surface area contributed by atoms with E-state index in [4.69, 9.17) is 15.2 Å². The molecule has 1 aromatic carbocycles. The number of ether oxygens (including phenoxy) is 2. The van der Waals surface area contributed by atoms with Crippen molar-refractivity contribution in [1.29, 1.82) is 0 Å². The molecule has 0 amide bonds. The highest BCUT2D eigenvalue weighted by molar-refractivity contribution is 5.50. The molecule has 0 bridgehead atoms. The second kappa shape index (κ2) is 4.65. The SMILES string of the molecule is NCCc1cc(C(F)F)cc2c1OCCO2. The average Bonchev–Trinajstić information content (AvgIpc) is 2.29. The molecule has 0 spiro atoms. The van der Waals surface area contributed by atoms with Gasteiger partial charge >= 0.3 is 0 Å². The molecule has 0 atom stereocenters. The number of halogens is 2. The smallest absolute Gasteiger partial charge is 0.263 e. The zero-order valence-corrected chi connectivity index (χ0v) is 8.71. The van der Waals surface area contributed by atoms with E-state index >= 15 is 0 Å². The molecule has 0 saturated carbocycles. The summed E-state index contributed by atoms with van der Waals surface area (Å²) >= 11 is 0. The predicted molar refractivity (Wildman–Crippen MR) is 55.1 cm³/mol. The van der Waals surface area contributed by atoms with Gasteiger partial charge in [-0.1, -0.05) is 0 Å². The van der Waals surface area contributed by atoms with Crippen molar-refractivity contribution in [2.75, 3.05) is 19.8 Å². The number of hydrogen-bond donors (Lipinski definition) is 1. The van der Waals surface area contributed by atoms with Crippen LogP contribution in [-0.2, 0) is 6.42 Å². The highest BCUT2D eigenvalue weighted by atomic mass is 19.3. The first kappa shape index (κ1) is 11.1. The van der Waals surface area contributed by atoms with Gasteiger partial charge in [-0.05, 0) is 30.7 Å². The second-order valence-corrected chi connectivity index (χ2v) is 3.54. The molecule has 0 radical (unpaired) electrons. The number of rotatable bonds is 3. The van der Waals surface area contributed by atoms with Crippen LogP contribution in [0.4, 0.5) is 8.78 Å². The molecule has 2 N–H and O–H groups in total. The summed E-state index contributed by atoms with van der Waals surface area (Å²) in [6.45, 7) is 1.23. The maximum atomic E-state index is 12.6. The fourth-order valence-corrected chi connectivity index (χ4v) is 1.72. The van der Waals surface area contributed by atoms with Gasteiger partial charge in [-0.2, -0.15) is 0 Å². The molecule has 16 heavy (non-hydrogen) atoms. The van der Waals surface area contributed by atoms with Crippen LogP contribution in [-0.4, -0.2) is 19.8 Å². The molecular weight excluding hydrogens is 216 g/mol. The van der Waals surface area contributed by atoms with Gasteiger partial charge in [0.05, 0.1) is 0 Å². The second-order valence-electron chi connectivity index (χ2n) is 3.54. The van der Waals surface area contributed by atoms with Gasteiger partial charge in [0.15, 0.2) is 11.5 Å². The van der Waals surface area contributed by atoms with Crippen LogP contribution in [0.25, 0.3) is 0 Å². The zero-order valence-electron chi connectivity index (χ0n) is 8.71. The van der Waals surface area contributed by atoms with Gasteiger partial charge in [-0.25, -0.2) is 8.78 Å². The Morgan fingerprint density at radius 2 is 2.00 bits per heavy atom. The Morgan fingerprint density at radius 3 is 2.69 bits per heavy atom. The van der Waals surface area contributed by atoms with E-state index in [0.717, 1.165) is 0 Å². The fourth-order valence-electron chi connectivity index (χ4n) is 1.72. The number of benzene rings is 1. The van der Waals surface area contributed by atoms with E-state index in [2.05, 4.69) is 0 Å². The van der Waals surface area contributed by atoms with E-state index in [1.54, 1.807) is 0 Å². The largest absolute Gasteiger partial charge is 0.486 e. The maximum Gasteiger partial charge on any atom is 0.263 e. The van der Waals surface area contributed by atoms with Gasteiger partial charge < -0.3 is 15.2 Å². The van der Waals surface area contributed by atoms with Crippen molar-refractivity contribution in [1.82, 2.24) is 0 Å². The Morgan fingerprint density at radius 1 is 1.25 bits per heavy atom. The van der Waals surface area contributed by atoms with Crippen LogP contribution < -0.4 is 15.2 Å². The standard InChI is InChI=1S/C11H13F2NO2/c12-11(13)8-5-7(1-2-14)10-9(6-8)15-3-4-16-10/h5-6,11H,1-4,14H2. The van der Waals surface area contributed by atoms with Crippen LogP contribution in [0.2, 0.25) is 0 Å². The summed E-state index contributed by atoms with van der Waals surface area (Å²) in [7, 11) is 0. The third-order valence-electron chi connectivity index (χ3n) is 2.41. The van der Waals surface area contributed by atoms with E-state index < -0.39 is 6.43 Å². The quantitative estimate of drug-likeness (QED) is 0.860. The molecule has 2 rings (SSSR count). The molecule has 0 aliphatic carbocycles. The van der Waals surface area contributed by atoms with Gasteiger partial charge in [0.25, 0.3) is 6.43 Å². The van der Waals surface area contributed by atoms with Crippen molar-refractivity contribution in [2.45, 2.75) is 12.8 Å². The molecular formula is C11H13F2NO2. The summed E-state index contributed by atoms with van der Waals surface area (Å²) in [5.41, 5.74) is 6.08. The molecule has 88 valence electrons. The summed E-state index contributed by atoms with van der Waals surface area (Å²) < 4.78 is 36.0. The molecule has 3 nitrogen and oxygen atoms in total. The Kier molecular flexibility index (Phi) is 3.24. The Bertz CT molecular complexity index is 382. The Labute approximate surface area is 92.1 Å². The molecule has 0 unspecified atom stereocenters. The minimum atomic E-state index is -2.51. The van der Waals surface area contributed by atoms with Crippen molar-refractivity contribution in [3.63, 3.8) is 0 Å². The third-order valence-corrected chi connectivity index (χ3v) is 2.41. The number of nitrogens with two attached hydrogens (primary N) is 1. The highest BCUT2D eigenvalue weighted by Gasteiger charge is 2.20. The zero-order chi connectivity index (χ0) is 11.5. The van der Waals surface area contributed by atoms with Crippen LogP contribution in [0.5, 0.6) is 11.5 Å². The first-order chi connectivity index (χ1) is 7.72. The lowest BCUT2D eigenvalue weighted by atomic mass is 10.1. The van der Waals surface area contributed by atoms with Crippen LogP contribution in [0, 0.1) is 0 Å². The summed E-state index contributed by atoms with van der Waals surface area (Å²) in [5, 5.41) is 0. The Balaban J connectivity index is 2.43. The fraction of sp³-hybridized carbons (Fsp3) is 0.455. The molecule has 0 fully saturated rings. The predicted octanol–water partition coefficient (Wildman–Crippen LogP) is 1.90. The van der Waals surface area contributed by atoms with Crippen molar-refractivity contribution >= 4 is 0 Å². The van der Waals surface area contributed by atoms with Crippen molar-refractivity contribution in [3.05, 3.63) is 23.3 Å². The molecule has 5 heteroatoms. The summed E-state index contributed by atoms with van der Waals surface area (Å²) in [4.78, 5) is 0. The van der Waals surface area contributed by atoms with Gasteiger partial charge in [0, 0.05) is 5.56 Å². The number of fused-ring (bicyclic) bond motifs is 1. The summed E-state index contributed by atoms with van der Waals surface area (Å²) in [6, 6.07) is 2.77. The normalized spacial score (nSPS) is 14.2. The van der Waals surface area contributed by atoms with Crippen molar-refractivity contribution in [3.8, 4) is 11.5 Å². The van der Waals surface area contributed by atoms with E-state index in [9.17, 15) is 8.78 Å². The number of hydrogen-bond acceptors (Lipinski definition) is 3. The van der Waals surface area contributed by atoms with Gasteiger partial charge in [0.2, 0.25) is 0 Å². The lowest BCUT2D eigenvalue weighted by molar-refractivity contribution is 0.146. The summed E-state index contributed by atoms with van der Waals surface area (Å²) in [5.74, 6) is 0.952. The molecule has 1 aromatic rings. The maximum absolute atomic E-state index is 12.6. The highest BCUT2D eigenvalue weighted by Crippen LogP contribution is 2.37. The van der Waals surface area contributed by atoms with Gasteiger partial charge in [0.1, 0.15) is 13.2 Å². The van der Waals surface area contributed by atoms with Gasteiger partial charge in [-0.3, -0.25) is 0 Å². The Hall–Kier alpha value is -1.36. The van der Waals surface area contributed by atoms with Crippen LogP contribution in [0.1, 0.15) is 17.6 Å². The minimum Gasteiger partial charge on any atom is -0.486 e. The summed E-state index contributed by atoms with van der Waals surface area (Å²) in [6.07, 6.45) is -2.00. The lowest BCUT2D eigenvalue weighted by Gasteiger charge is -2.22. The van der Waals surface area contributed by atoms with Crippen LogP contribution in [0.15, 0.2) is 12.1 Å². The van der Waals surface area contributed by atoms with E-state index in [1.165, 1.54) is 12.1 Å². The monoisotopic (exact) mass is 229 g/mol. The number of alkyl halides is 2.